The molecule has 1 aromatic heterocycles. The van der Waals surface area contributed by atoms with Crippen molar-refractivity contribution in [2.45, 2.75) is 58.2 Å². The van der Waals surface area contributed by atoms with Crippen LogP contribution >= 0.6 is 0 Å². The highest BCUT2D eigenvalue weighted by Gasteiger charge is 2.42. The molecular formula is C24H29N3O2. The Kier molecular flexibility index (Phi) is 5.65. The third kappa shape index (κ3) is 3.66. The lowest BCUT2D eigenvalue weighted by atomic mass is 9.91. The molecule has 5 heteroatoms. The van der Waals surface area contributed by atoms with Gasteiger partial charge in [-0.3, -0.25) is 14.6 Å². The summed E-state index contributed by atoms with van der Waals surface area (Å²) in [5.74, 6) is 0.153. The van der Waals surface area contributed by atoms with Crippen LogP contribution in [0.3, 0.4) is 0 Å². The monoisotopic (exact) mass is 391 g/mol. The molecule has 2 aliphatic rings. The Labute approximate surface area is 172 Å². The Bertz CT molecular complexity index is 883. The van der Waals surface area contributed by atoms with Gasteiger partial charge in [0.2, 0.25) is 5.91 Å². The van der Waals surface area contributed by atoms with Gasteiger partial charge in [0.05, 0.1) is 6.04 Å². The first-order chi connectivity index (χ1) is 14.1. The SMILES string of the molecule is CC[C@H](C)[C@H](C(=O)N1CCCC[C@@H]1c1cccnc1)N1Cc2ccccc2C1=O. The molecule has 0 N–H and O–H groups in total. The van der Waals surface area contributed by atoms with E-state index in [-0.39, 0.29) is 23.8 Å². The first-order valence-corrected chi connectivity index (χ1v) is 10.7. The number of carbonyl (C=O) groups excluding carboxylic acids is 2. The molecule has 3 heterocycles. The van der Waals surface area contributed by atoms with Gasteiger partial charge >= 0.3 is 0 Å². The van der Waals surface area contributed by atoms with E-state index in [1.807, 2.05) is 41.4 Å². The van der Waals surface area contributed by atoms with Gasteiger partial charge in [0.25, 0.3) is 5.91 Å². The Morgan fingerprint density at radius 3 is 2.76 bits per heavy atom. The van der Waals surface area contributed by atoms with E-state index in [2.05, 4.69) is 24.9 Å². The molecule has 2 aliphatic heterocycles. The second-order valence-corrected chi connectivity index (χ2v) is 8.25. The maximum absolute atomic E-state index is 13.9. The van der Waals surface area contributed by atoms with Gasteiger partial charge in [0.1, 0.15) is 6.04 Å². The molecule has 0 saturated carbocycles. The molecule has 2 amide bonds. The zero-order valence-electron chi connectivity index (χ0n) is 17.3. The maximum atomic E-state index is 13.9. The quantitative estimate of drug-likeness (QED) is 0.767. The smallest absolute Gasteiger partial charge is 0.255 e. The van der Waals surface area contributed by atoms with Gasteiger partial charge in [-0.15, -0.1) is 0 Å². The largest absolute Gasteiger partial charge is 0.334 e. The van der Waals surface area contributed by atoms with Crippen molar-refractivity contribution in [3.63, 3.8) is 0 Å². The van der Waals surface area contributed by atoms with Gasteiger partial charge in [-0.2, -0.15) is 0 Å². The molecule has 1 saturated heterocycles. The number of nitrogens with zero attached hydrogens (tertiary/aromatic N) is 3. The number of likely N-dealkylation sites (tertiary alicyclic amines) is 1. The lowest BCUT2D eigenvalue weighted by molar-refractivity contribution is -0.142. The van der Waals surface area contributed by atoms with Crippen molar-refractivity contribution in [3.8, 4) is 0 Å². The number of pyridine rings is 1. The number of fused-ring (bicyclic) bond motifs is 1. The normalized spacial score (nSPS) is 21.0. The van der Waals surface area contributed by atoms with Gasteiger partial charge in [-0.05, 0) is 48.4 Å². The minimum Gasteiger partial charge on any atom is -0.334 e. The Morgan fingerprint density at radius 2 is 2.03 bits per heavy atom. The number of carbonyl (C=O) groups is 2. The van der Waals surface area contributed by atoms with E-state index in [0.717, 1.165) is 48.9 Å². The Morgan fingerprint density at radius 1 is 1.21 bits per heavy atom. The van der Waals surface area contributed by atoms with Gasteiger partial charge in [-0.25, -0.2) is 0 Å². The van der Waals surface area contributed by atoms with E-state index >= 15 is 0 Å². The van der Waals surface area contributed by atoms with Crippen LogP contribution in [0.25, 0.3) is 0 Å². The summed E-state index contributed by atoms with van der Waals surface area (Å²) in [5.41, 5.74) is 2.83. The summed E-state index contributed by atoms with van der Waals surface area (Å²) in [4.78, 5) is 35.1. The molecular weight excluding hydrogens is 362 g/mol. The number of aromatic nitrogens is 1. The highest BCUT2D eigenvalue weighted by atomic mass is 16.2. The molecule has 0 spiro atoms. The van der Waals surface area contributed by atoms with E-state index in [1.165, 1.54) is 0 Å². The van der Waals surface area contributed by atoms with Gasteiger partial charge < -0.3 is 9.80 Å². The molecule has 4 rings (SSSR count). The third-order valence-electron chi connectivity index (χ3n) is 6.48. The van der Waals surface area contributed by atoms with Crippen LogP contribution in [0.15, 0.2) is 48.8 Å². The van der Waals surface area contributed by atoms with Gasteiger partial charge in [0.15, 0.2) is 0 Å². The van der Waals surface area contributed by atoms with E-state index < -0.39 is 6.04 Å². The maximum Gasteiger partial charge on any atom is 0.255 e. The highest BCUT2D eigenvalue weighted by molar-refractivity contribution is 6.01. The van der Waals surface area contributed by atoms with Crippen molar-refractivity contribution in [1.82, 2.24) is 14.8 Å². The molecule has 3 atom stereocenters. The number of benzene rings is 1. The predicted octanol–water partition coefficient (Wildman–Crippen LogP) is 4.21. The zero-order valence-corrected chi connectivity index (χ0v) is 17.3. The van der Waals surface area contributed by atoms with Crippen LogP contribution in [0.4, 0.5) is 0 Å². The van der Waals surface area contributed by atoms with Crippen LogP contribution in [-0.4, -0.2) is 39.2 Å². The van der Waals surface area contributed by atoms with Crippen LogP contribution in [-0.2, 0) is 11.3 Å². The Balaban J connectivity index is 1.65. The number of amides is 2. The summed E-state index contributed by atoms with van der Waals surface area (Å²) in [7, 11) is 0. The molecule has 0 radical (unpaired) electrons. The van der Waals surface area contributed by atoms with Crippen LogP contribution < -0.4 is 0 Å². The van der Waals surface area contributed by atoms with Crippen molar-refractivity contribution in [2.75, 3.05) is 6.54 Å². The summed E-state index contributed by atoms with van der Waals surface area (Å²) in [6, 6.07) is 11.3. The van der Waals surface area contributed by atoms with Crippen molar-refractivity contribution < 1.29 is 9.59 Å². The topological polar surface area (TPSA) is 53.5 Å². The van der Waals surface area contributed by atoms with E-state index in [9.17, 15) is 9.59 Å². The zero-order chi connectivity index (χ0) is 20.4. The average molecular weight is 392 g/mol. The fraction of sp³-hybridized carbons (Fsp3) is 0.458. The van der Waals surface area contributed by atoms with Crippen molar-refractivity contribution in [2.24, 2.45) is 5.92 Å². The third-order valence-corrected chi connectivity index (χ3v) is 6.48. The minimum atomic E-state index is -0.433. The average Bonchev–Trinajstić information content (AvgIpc) is 3.10. The number of rotatable bonds is 5. The summed E-state index contributed by atoms with van der Waals surface area (Å²) < 4.78 is 0. The van der Waals surface area contributed by atoms with E-state index in [0.29, 0.717) is 6.54 Å². The summed E-state index contributed by atoms with van der Waals surface area (Å²) in [6.45, 7) is 5.43. The van der Waals surface area contributed by atoms with E-state index in [4.69, 9.17) is 0 Å². The van der Waals surface area contributed by atoms with Crippen molar-refractivity contribution in [1.29, 1.82) is 0 Å². The number of hydrogen-bond acceptors (Lipinski definition) is 3. The molecule has 152 valence electrons. The molecule has 5 nitrogen and oxygen atoms in total. The van der Waals surface area contributed by atoms with Crippen molar-refractivity contribution >= 4 is 11.8 Å². The van der Waals surface area contributed by atoms with E-state index in [1.54, 1.807) is 11.1 Å². The highest BCUT2D eigenvalue weighted by Crippen LogP contribution is 2.35. The summed E-state index contributed by atoms with van der Waals surface area (Å²) >= 11 is 0. The molecule has 2 aromatic rings. The van der Waals surface area contributed by atoms with Crippen molar-refractivity contribution in [3.05, 3.63) is 65.5 Å². The minimum absolute atomic E-state index is 0.0193. The van der Waals surface area contributed by atoms with Crippen LogP contribution in [0.1, 0.15) is 67.1 Å². The Hall–Kier alpha value is -2.69. The lowest BCUT2D eigenvalue weighted by Crippen LogP contribution is -2.53. The number of piperidine rings is 1. The number of hydrogen-bond donors (Lipinski definition) is 0. The summed E-state index contributed by atoms with van der Waals surface area (Å²) in [6.07, 6.45) is 7.53. The lowest BCUT2D eigenvalue weighted by Gasteiger charge is -2.41. The first-order valence-electron chi connectivity index (χ1n) is 10.7. The standard InChI is InChI=1S/C24H29N3O2/c1-3-17(2)22(27-16-19-9-4-5-11-20(19)23(27)28)24(29)26-14-7-6-12-21(26)18-10-8-13-25-15-18/h4-5,8-11,13,15,17,21-22H,3,6-7,12,14,16H2,1-2H3/t17-,21+,22+/m0/s1. The molecule has 1 fully saturated rings. The molecule has 29 heavy (non-hydrogen) atoms. The van der Waals surface area contributed by atoms with Gasteiger partial charge in [0, 0.05) is 31.0 Å². The van der Waals surface area contributed by atoms with Crippen LogP contribution in [0, 0.1) is 5.92 Å². The second-order valence-electron chi connectivity index (χ2n) is 8.25. The van der Waals surface area contributed by atoms with Crippen LogP contribution in [0.5, 0.6) is 0 Å². The predicted molar refractivity (Wildman–Crippen MR) is 112 cm³/mol. The van der Waals surface area contributed by atoms with Crippen LogP contribution in [0.2, 0.25) is 0 Å². The molecule has 0 bridgehead atoms. The molecule has 0 aliphatic carbocycles. The summed E-state index contributed by atoms with van der Waals surface area (Å²) in [5, 5.41) is 0. The fourth-order valence-electron chi connectivity index (χ4n) is 4.69. The fourth-order valence-corrected chi connectivity index (χ4v) is 4.69. The second kappa shape index (κ2) is 8.36. The molecule has 0 unspecified atom stereocenters. The molecule has 1 aromatic carbocycles. The first kappa shape index (κ1) is 19.6. The van der Waals surface area contributed by atoms with Gasteiger partial charge in [-0.1, -0.05) is 44.5 Å².